The van der Waals surface area contributed by atoms with Crippen LogP contribution in [0.3, 0.4) is 0 Å². The van der Waals surface area contributed by atoms with Crippen LogP contribution in [0.25, 0.3) is 0 Å². The van der Waals surface area contributed by atoms with Crippen LogP contribution >= 0.6 is 27.7 Å². The number of benzene rings is 1. The van der Waals surface area contributed by atoms with Gasteiger partial charge >= 0.3 is 5.97 Å². The second-order valence-electron chi connectivity index (χ2n) is 4.02. The second kappa shape index (κ2) is 5.32. The first-order chi connectivity index (χ1) is 8.50. The molecule has 1 amide bonds. The highest BCUT2D eigenvalue weighted by atomic mass is 79.9. The lowest BCUT2D eigenvalue weighted by Crippen LogP contribution is -2.41. The van der Waals surface area contributed by atoms with E-state index in [4.69, 9.17) is 5.11 Å². The van der Waals surface area contributed by atoms with Crippen molar-refractivity contribution in [3.8, 4) is 0 Å². The van der Waals surface area contributed by atoms with Gasteiger partial charge in [-0.25, -0.2) is 4.79 Å². The minimum atomic E-state index is -0.949. The molecule has 6 heteroatoms. The third-order valence-corrected chi connectivity index (χ3v) is 4.60. The molecule has 0 bridgehead atoms. The summed E-state index contributed by atoms with van der Waals surface area (Å²) in [6.07, 6.45) is 0. The van der Waals surface area contributed by atoms with E-state index in [0.29, 0.717) is 5.75 Å². The number of carbonyl (C=O) groups excluding carboxylic acids is 1. The van der Waals surface area contributed by atoms with Crippen molar-refractivity contribution >= 4 is 39.6 Å². The quantitative estimate of drug-likeness (QED) is 0.905. The number of amides is 1. The van der Waals surface area contributed by atoms with Crippen LogP contribution in [-0.2, 0) is 9.59 Å². The van der Waals surface area contributed by atoms with Gasteiger partial charge in [0.15, 0.2) is 0 Å². The predicted octanol–water partition coefficient (Wildman–Crippen LogP) is 2.50. The molecule has 1 N–H and O–H groups in total. The summed E-state index contributed by atoms with van der Waals surface area (Å²) in [5.41, 5.74) is 0.938. The molecule has 1 aromatic carbocycles. The number of carboxylic acid groups (broad SMARTS) is 1. The molecule has 1 saturated heterocycles. The average molecular weight is 330 g/mol. The van der Waals surface area contributed by atoms with Crippen LogP contribution in [0, 0.1) is 0 Å². The van der Waals surface area contributed by atoms with Crippen LogP contribution in [-0.4, -0.2) is 33.7 Å². The van der Waals surface area contributed by atoms with Gasteiger partial charge in [-0.2, -0.15) is 0 Å². The van der Waals surface area contributed by atoms with Crippen LogP contribution in [0.4, 0.5) is 0 Å². The Morgan fingerprint density at radius 1 is 1.50 bits per heavy atom. The van der Waals surface area contributed by atoms with Gasteiger partial charge in [-0.3, -0.25) is 4.79 Å². The van der Waals surface area contributed by atoms with Crippen LogP contribution in [0.5, 0.6) is 0 Å². The van der Waals surface area contributed by atoms with Crippen molar-refractivity contribution in [3.05, 3.63) is 34.3 Å². The van der Waals surface area contributed by atoms with Gasteiger partial charge in [0.05, 0.1) is 0 Å². The Morgan fingerprint density at radius 2 is 2.22 bits per heavy atom. The molecular formula is C12H12BrNO3S. The fourth-order valence-electron chi connectivity index (χ4n) is 2.00. The molecule has 96 valence electrons. The first-order valence-electron chi connectivity index (χ1n) is 5.39. The topological polar surface area (TPSA) is 57.6 Å². The molecule has 0 saturated carbocycles. The van der Waals surface area contributed by atoms with E-state index < -0.39 is 12.0 Å². The number of carbonyl (C=O) groups is 2. The van der Waals surface area contributed by atoms with Crippen molar-refractivity contribution in [2.45, 2.75) is 18.3 Å². The molecule has 0 spiro atoms. The molecule has 4 nitrogen and oxygen atoms in total. The number of aliphatic carboxylic acids is 1. The average Bonchev–Trinajstić information content (AvgIpc) is 2.73. The molecule has 18 heavy (non-hydrogen) atoms. The molecular weight excluding hydrogens is 318 g/mol. The summed E-state index contributed by atoms with van der Waals surface area (Å²) in [6.45, 7) is 1.41. The Kier molecular flexibility index (Phi) is 3.97. The minimum absolute atomic E-state index is 0.211. The normalized spacial score (nSPS) is 23.1. The number of nitrogens with zero attached hydrogens (tertiary/aromatic N) is 1. The lowest BCUT2D eigenvalue weighted by Gasteiger charge is -2.26. The van der Waals surface area contributed by atoms with E-state index in [0.717, 1.165) is 10.0 Å². The monoisotopic (exact) mass is 329 g/mol. The number of hydrogen-bond donors (Lipinski definition) is 1. The van der Waals surface area contributed by atoms with E-state index in [1.165, 1.54) is 23.6 Å². The zero-order valence-corrected chi connectivity index (χ0v) is 12.1. The Balaban J connectivity index is 2.33. The Hall–Kier alpha value is -1.01. The summed E-state index contributed by atoms with van der Waals surface area (Å²) in [5, 5.41) is 8.91. The maximum Gasteiger partial charge on any atom is 0.327 e. The first-order valence-corrected chi connectivity index (χ1v) is 7.23. The van der Waals surface area contributed by atoms with Crippen LogP contribution in [0.1, 0.15) is 17.9 Å². The highest BCUT2D eigenvalue weighted by Crippen LogP contribution is 2.41. The third-order valence-electron chi connectivity index (χ3n) is 2.78. The van der Waals surface area contributed by atoms with Gasteiger partial charge in [0, 0.05) is 17.1 Å². The Bertz CT molecular complexity index is 494. The Morgan fingerprint density at radius 3 is 2.78 bits per heavy atom. The van der Waals surface area contributed by atoms with E-state index in [2.05, 4.69) is 15.9 Å². The SMILES string of the molecule is CC(=O)N1[C@H](C(=O)O)CS[C@H]1c1cccc(Br)c1. The van der Waals surface area contributed by atoms with E-state index in [1.54, 1.807) is 0 Å². The molecule has 0 radical (unpaired) electrons. The highest BCUT2D eigenvalue weighted by molar-refractivity contribution is 9.10. The number of rotatable bonds is 2. The number of thioether (sulfide) groups is 1. The summed E-state index contributed by atoms with van der Waals surface area (Å²) in [6, 6.07) is 6.86. The van der Waals surface area contributed by atoms with Crippen LogP contribution in [0.15, 0.2) is 28.7 Å². The maximum absolute atomic E-state index is 11.7. The van der Waals surface area contributed by atoms with Gasteiger partial charge in [-0.15, -0.1) is 11.8 Å². The van der Waals surface area contributed by atoms with Crippen molar-refractivity contribution in [1.82, 2.24) is 4.90 Å². The smallest absolute Gasteiger partial charge is 0.327 e. The van der Waals surface area contributed by atoms with E-state index in [1.807, 2.05) is 24.3 Å². The minimum Gasteiger partial charge on any atom is -0.480 e. The molecule has 0 aromatic heterocycles. The lowest BCUT2D eigenvalue weighted by molar-refractivity contribution is -0.148. The van der Waals surface area contributed by atoms with Gasteiger partial charge in [-0.05, 0) is 17.7 Å². The van der Waals surface area contributed by atoms with Gasteiger partial charge in [0.2, 0.25) is 5.91 Å². The van der Waals surface area contributed by atoms with Gasteiger partial charge in [0.25, 0.3) is 0 Å². The molecule has 1 heterocycles. The molecule has 2 atom stereocenters. The van der Waals surface area contributed by atoms with Crippen LogP contribution < -0.4 is 0 Å². The molecule has 2 rings (SSSR count). The summed E-state index contributed by atoms with van der Waals surface area (Å²) in [5.74, 6) is -0.737. The van der Waals surface area contributed by atoms with Crippen molar-refractivity contribution in [2.24, 2.45) is 0 Å². The van der Waals surface area contributed by atoms with Crippen LogP contribution in [0.2, 0.25) is 0 Å². The molecule has 0 aliphatic carbocycles. The summed E-state index contributed by atoms with van der Waals surface area (Å²) in [7, 11) is 0. The van der Waals surface area contributed by atoms with Crippen molar-refractivity contribution in [1.29, 1.82) is 0 Å². The number of carboxylic acids is 1. The Labute approximate surface area is 117 Å². The lowest BCUT2D eigenvalue weighted by atomic mass is 10.2. The largest absolute Gasteiger partial charge is 0.480 e. The zero-order chi connectivity index (χ0) is 13.3. The highest BCUT2D eigenvalue weighted by Gasteiger charge is 2.40. The maximum atomic E-state index is 11.7. The van der Waals surface area contributed by atoms with Crippen molar-refractivity contribution in [3.63, 3.8) is 0 Å². The third kappa shape index (κ3) is 2.54. The first kappa shape index (κ1) is 13.4. The number of halogens is 1. The standard InChI is InChI=1S/C12H12BrNO3S/c1-7(15)14-10(12(16)17)6-18-11(14)8-3-2-4-9(13)5-8/h2-5,10-11H,6H2,1H3,(H,16,17)/t10-,11-/m0/s1. The van der Waals surface area contributed by atoms with Crippen molar-refractivity contribution < 1.29 is 14.7 Å². The molecule has 1 aromatic rings. The molecule has 1 aliphatic heterocycles. The van der Waals surface area contributed by atoms with Gasteiger partial charge in [0.1, 0.15) is 11.4 Å². The summed E-state index contributed by atoms with van der Waals surface area (Å²) < 4.78 is 0.919. The number of hydrogen-bond acceptors (Lipinski definition) is 3. The summed E-state index contributed by atoms with van der Waals surface area (Å²) in [4.78, 5) is 24.3. The van der Waals surface area contributed by atoms with E-state index in [-0.39, 0.29) is 11.3 Å². The fraction of sp³-hybridized carbons (Fsp3) is 0.333. The summed E-state index contributed by atoms with van der Waals surface area (Å²) >= 11 is 4.86. The van der Waals surface area contributed by atoms with E-state index in [9.17, 15) is 9.59 Å². The van der Waals surface area contributed by atoms with Gasteiger partial charge < -0.3 is 10.0 Å². The predicted molar refractivity (Wildman–Crippen MR) is 73.3 cm³/mol. The fourth-order valence-corrected chi connectivity index (χ4v) is 3.88. The van der Waals surface area contributed by atoms with E-state index >= 15 is 0 Å². The molecule has 0 unspecified atom stereocenters. The molecule has 1 fully saturated rings. The second-order valence-corrected chi connectivity index (χ2v) is 6.05. The van der Waals surface area contributed by atoms with Crippen molar-refractivity contribution in [2.75, 3.05) is 5.75 Å². The van der Waals surface area contributed by atoms with Gasteiger partial charge in [-0.1, -0.05) is 28.1 Å². The zero-order valence-electron chi connectivity index (χ0n) is 9.67. The molecule has 1 aliphatic rings.